The minimum absolute atomic E-state index is 0.0759. The van der Waals surface area contributed by atoms with Gasteiger partial charge in [0.15, 0.2) is 0 Å². The summed E-state index contributed by atoms with van der Waals surface area (Å²) in [6.45, 7) is 0.527. The topological polar surface area (TPSA) is 73.9 Å². The molecule has 0 bridgehead atoms. The third-order valence-corrected chi connectivity index (χ3v) is 4.01. The van der Waals surface area contributed by atoms with E-state index < -0.39 is 0 Å². The van der Waals surface area contributed by atoms with E-state index in [0.29, 0.717) is 23.8 Å². The number of hydrogen-bond acceptors (Lipinski definition) is 5. The van der Waals surface area contributed by atoms with Crippen molar-refractivity contribution in [3.8, 4) is 17.2 Å². The van der Waals surface area contributed by atoms with Crippen LogP contribution in [0.25, 0.3) is 0 Å². The number of methoxy groups -OCH3 is 3. The molecule has 0 heterocycles. The number of aliphatic hydroxyl groups excluding tert-OH is 1. The summed E-state index contributed by atoms with van der Waals surface area (Å²) in [5.74, 6) is 2.27. The van der Waals surface area contributed by atoms with Crippen molar-refractivity contribution in [2.75, 3.05) is 34.5 Å². The largest absolute Gasteiger partial charge is 0.496 e. The van der Waals surface area contributed by atoms with Crippen LogP contribution < -0.4 is 19.9 Å². The normalized spacial score (nSPS) is 25.0. The van der Waals surface area contributed by atoms with Crippen molar-refractivity contribution in [1.82, 2.24) is 0 Å². The molecule has 2 rings (SSSR count). The number of benzene rings is 1. The van der Waals surface area contributed by atoms with E-state index in [9.17, 15) is 5.11 Å². The minimum Gasteiger partial charge on any atom is -0.496 e. The first-order valence-electron chi connectivity index (χ1n) is 6.26. The van der Waals surface area contributed by atoms with E-state index >= 15 is 0 Å². The quantitative estimate of drug-likeness (QED) is 0.808. The molecule has 0 unspecified atom stereocenters. The summed E-state index contributed by atoms with van der Waals surface area (Å²) in [7, 11) is 4.83. The summed E-state index contributed by atoms with van der Waals surface area (Å²) in [6, 6.07) is 3.66. The van der Waals surface area contributed by atoms with Crippen LogP contribution in [0.3, 0.4) is 0 Å². The highest BCUT2D eigenvalue weighted by molar-refractivity contribution is 5.55. The van der Waals surface area contributed by atoms with Gasteiger partial charge in [-0.1, -0.05) is 0 Å². The maximum absolute atomic E-state index is 9.53. The molecule has 2 atom stereocenters. The first kappa shape index (κ1) is 14.0. The summed E-state index contributed by atoms with van der Waals surface area (Å²) < 4.78 is 16.1. The zero-order chi connectivity index (χ0) is 14.0. The molecule has 0 radical (unpaired) electrons. The third-order valence-electron chi connectivity index (χ3n) is 4.01. The van der Waals surface area contributed by atoms with E-state index in [4.69, 9.17) is 19.9 Å². The van der Waals surface area contributed by atoms with Gasteiger partial charge in [0.05, 0.1) is 27.9 Å². The molecule has 0 aliphatic heterocycles. The zero-order valence-corrected chi connectivity index (χ0v) is 11.6. The van der Waals surface area contributed by atoms with Gasteiger partial charge in [-0.25, -0.2) is 0 Å². The molecule has 0 amide bonds. The Morgan fingerprint density at radius 2 is 1.79 bits per heavy atom. The molecule has 5 heteroatoms. The average molecular weight is 267 g/mol. The smallest absolute Gasteiger partial charge is 0.129 e. The molecule has 1 aliphatic rings. The fourth-order valence-corrected chi connectivity index (χ4v) is 2.60. The first-order chi connectivity index (χ1) is 9.15. The van der Waals surface area contributed by atoms with E-state index in [1.54, 1.807) is 21.3 Å². The standard InChI is InChI=1S/C14H21NO4/c1-17-9-4-11(18-2)13(12(5-9)19-3)10-6-14(10,7-15)8-16/h4-5,10,16H,6-8,15H2,1-3H3/t10-,14-/m0/s1. The summed E-state index contributed by atoms with van der Waals surface area (Å²) in [5, 5.41) is 9.53. The van der Waals surface area contributed by atoms with E-state index in [0.717, 1.165) is 12.0 Å². The number of rotatable bonds is 6. The monoisotopic (exact) mass is 267 g/mol. The highest BCUT2D eigenvalue weighted by atomic mass is 16.5. The highest BCUT2D eigenvalue weighted by Crippen LogP contribution is 2.62. The summed E-state index contributed by atoms with van der Waals surface area (Å²) in [4.78, 5) is 0. The van der Waals surface area contributed by atoms with Crippen molar-refractivity contribution in [3.05, 3.63) is 17.7 Å². The predicted molar refractivity (Wildman–Crippen MR) is 72.0 cm³/mol. The van der Waals surface area contributed by atoms with Gasteiger partial charge in [-0.15, -0.1) is 0 Å². The van der Waals surface area contributed by atoms with Gasteiger partial charge in [-0.2, -0.15) is 0 Å². The molecule has 0 spiro atoms. The van der Waals surface area contributed by atoms with Crippen LogP contribution in [-0.2, 0) is 0 Å². The lowest BCUT2D eigenvalue weighted by molar-refractivity contribution is 0.210. The SMILES string of the molecule is COc1cc(OC)c([C@@H]2C[C@]2(CN)CO)c(OC)c1. The van der Waals surface area contributed by atoms with Crippen LogP contribution in [0.4, 0.5) is 0 Å². The van der Waals surface area contributed by atoms with Crippen LogP contribution in [0.15, 0.2) is 12.1 Å². The number of ether oxygens (including phenoxy) is 3. The molecule has 0 saturated heterocycles. The third kappa shape index (κ3) is 2.24. The van der Waals surface area contributed by atoms with Gasteiger partial charge in [-0.3, -0.25) is 0 Å². The second kappa shape index (κ2) is 5.27. The summed E-state index contributed by atoms with van der Waals surface area (Å²) in [5.41, 5.74) is 6.50. The van der Waals surface area contributed by atoms with Crippen molar-refractivity contribution in [2.24, 2.45) is 11.1 Å². The molecule has 1 fully saturated rings. The van der Waals surface area contributed by atoms with Crippen LogP contribution in [0.2, 0.25) is 0 Å². The Morgan fingerprint density at radius 3 is 2.11 bits per heavy atom. The van der Waals surface area contributed by atoms with Crippen LogP contribution >= 0.6 is 0 Å². The van der Waals surface area contributed by atoms with Crippen molar-refractivity contribution in [1.29, 1.82) is 0 Å². The van der Waals surface area contributed by atoms with Gasteiger partial charge >= 0.3 is 0 Å². The summed E-state index contributed by atoms with van der Waals surface area (Å²) in [6.07, 6.45) is 0.846. The number of nitrogens with two attached hydrogens (primary N) is 1. The Labute approximate surface area is 113 Å². The zero-order valence-electron chi connectivity index (χ0n) is 11.6. The van der Waals surface area contributed by atoms with E-state index in [-0.39, 0.29) is 17.9 Å². The van der Waals surface area contributed by atoms with Crippen molar-refractivity contribution in [2.45, 2.75) is 12.3 Å². The number of aliphatic hydroxyl groups is 1. The molecular weight excluding hydrogens is 246 g/mol. The van der Waals surface area contributed by atoms with Gasteiger partial charge in [0.2, 0.25) is 0 Å². The van der Waals surface area contributed by atoms with Crippen LogP contribution in [0.1, 0.15) is 17.9 Å². The maximum Gasteiger partial charge on any atom is 0.129 e. The molecule has 3 N–H and O–H groups in total. The Morgan fingerprint density at radius 1 is 1.21 bits per heavy atom. The van der Waals surface area contributed by atoms with Crippen molar-refractivity contribution < 1.29 is 19.3 Å². The second-order valence-corrected chi connectivity index (χ2v) is 4.93. The molecule has 1 saturated carbocycles. The van der Waals surface area contributed by atoms with Crippen molar-refractivity contribution >= 4 is 0 Å². The van der Waals surface area contributed by atoms with Gasteiger partial charge in [0.25, 0.3) is 0 Å². The molecule has 5 nitrogen and oxygen atoms in total. The van der Waals surface area contributed by atoms with E-state index in [1.807, 2.05) is 12.1 Å². The van der Waals surface area contributed by atoms with Gasteiger partial charge in [0.1, 0.15) is 17.2 Å². The molecule has 1 aliphatic carbocycles. The lowest BCUT2D eigenvalue weighted by atomic mass is 9.98. The molecule has 19 heavy (non-hydrogen) atoms. The lowest BCUT2D eigenvalue weighted by Crippen LogP contribution is -2.21. The molecule has 106 valence electrons. The number of hydrogen-bond donors (Lipinski definition) is 2. The first-order valence-corrected chi connectivity index (χ1v) is 6.26. The van der Waals surface area contributed by atoms with Crippen LogP contribution in [-0.4, -0.2) is 39.6 Å². The van der Waals surface area contributed by atoms with E-state index in [2.05, 4.69) is 0 Å². The maximum atomic E-state index is 9.53. The van der Waals surface area contributed by atoms with Gasteiger partial charge < -0.3 is 25.1 Å². The fraction of sp³-hybridized carbons (Fsp3) is 0.571. The summed E-state index contributed by atoms with van der Waals surface area (Å²) >= 11 is 0. The fourth-order valence-electron chi connectivity index (χ4n) is 2.60. The highest BCUT2D eigenvalue weighted by Gasteiger charge is 2.55. The Bertz CT molecular complexity index is 432. The van der Waals surface area contributed by atoms with Crippen molar-refractivity contribution in [3.63, 3.8) is 0 Å². The van der Waals surface area contributed by atoms with Crippen LogP contribution in [0.5, 0.6) is 17.2 Å². The molecule has 0 aromatic heterocycles. The van der Waals surface area contributed by atoms with Gasteiger partial charge in [-0.05, 0) is 6.42 Å². The lowest BCUT2D eigenvalue weighted by Gasteiger charge is -2.18. The molecule has 1 aromatic rings. The minimum atomic E-state index is -0.241. The average Bonchev–Trinajstić information content (AvgIpc) is 3.20. The molecular formula is C14H21NO4. The van der Waals surface area contributed by atoms with Gasteiger partial charge in [0, 0.05) is 35.6 Å². The predicted octanol–water partition coefficient (Wildman–Crippen LogP) is 1.14. The second-order valence-electron chi connectivity index (χ2n) is 4.93. The Balaban J connectivity index is 2.45. The Hall–Kier alpha value is -1.46. The van der Waals surface area contributed by atoms with E-state index in [1.165, 1.54) is 0 Å². The van der Waals surface area contributed by atoms with Crippen LogP contribution in [0, 0.1) is 5.41 Å². The molecule has 1 aromatic carbocycles. The Kier molecular flexibility index (Phi) is 3.87.